The van der Waals surface area contributed by atoms with Crippen LogP contribution in [0.25, 0.3) is 0 Å². The number of aliphatic hydroxyl groups is 1. The van der Waals surface area contributed by atoms with Crippen molar-refractivity contribution in [2.45, 2.75) is 57.6 Å². The molecule has 1 fully saturated rings. The lowest BCUT2D eigenvalue weighted by Crippen LogP contribution is -2.13. The molecule has 0 amide bonds. The fourth-order valence-electron chi connectivity index (χ4n) is 2.87. The Hall–Kier alpha value is -1.20. The second-order valence-electron chi connectivity index (χ2n) is 5.59. The van der Waals surface area contributed by atoms with Crippen molar-refractivity contribution in [3.63, 3.8) is 0 Å². The molecular weight excluding hydrogens is 270 g/mol. The lowest BCUT2D eigenvalue weighted by molar-refractivity contribution is 0.172. The number of hydrogen-bond donors (Lipinski definition) is 1. The molecule has 0 bridgehead atoms. The van der Waals surface area contributed by atoms with E-state index in [0.717, 1.165) is 16.4 Å². The zero-order chi connectivity index (χ0) is 13.9. The van der Waals surface area contributed by atoms with Gasteiger partial charge in [-0.1, -0.05) is 19.3 Å². The third kappa shape index (κ3) is 3.10. The minimum Gasteiger partial charge on any atom is -0.386 e. The summed E-state index contributed by atoms with van der Waals surface area (Å²) in [6.07, 6.45) is 8.49. The fourth-order valence-corrected chi connectivity index (χ4v) is 3.53. The van der Waals surface area contributed by atoms with Gasteiger partial charge >= 0.3 is 0 Å². The molecule has 2 aromatic heterocycles. The number of aliphatic hydroxyl groups excluding tert-OH is 1. The van der Waals surface area contributed by atoms with Crippen LogP contribution in [-0.4, -0.2) is 19.9 Å². The molecule has 5 heteroatoms. The summed E-state index contributed by atoms with van der Waals surface area (Å²) < 4.78 is 2.09. The summed E-state index contributed by atoms with van der Waals surface area (Å²) in [5.74, 6) is 0. The third-order valence-corrected chi connectivity index (χ3v) is 4.78. The average Bonchev–Trinajstić information content (AvgIpc) is 3.09. The summed E-state index contributed by atoms with van der Waals surface area (Å²) in [6, 6.07) is 2.58. The van der Waals surface area contributed by atoms with Crippen molar-refractivity contribution < 1.29 is 5.11 Å². The molecule has 1 aliphatic rings. The van der Waals surface area contributed by atoms with E-state index < -0.39 is 6.10 Å². The first-order chi connectivity index (χ1) is 9.72. The number of nitrogens with zero attached hydrogens (tertiary/aromatic N) is 3. The molecule has 2 aromatic rings. The molecule has 1 atom stereocenters. The highest BCUT2D eigenvalue weighted by Crippen LogP contribution is 2.28. The van der Waals surface area contributed by atoms with Gasteiger partial charge in [0.1, 0.15) is 6.10 Å². The highest BCUT2D eigenvalue weighted by atomic mass is 32.1. The van der Waals surface area contributed by atoms with Crippen LogP contribution in [0.15, 0.2) is 17.6 Å². The molecule has 2 heterocycles. The molecule has 4 nitrogen and oxygen atoms in total. The third-order valence-electron chi connectivity index (χ3n) is 3.99. The van der Waals surface area contributed by atoms with Crippen molar-refractivity contribution in [3.8, 4) is 0 Å². The van der Waals surface area contributed by atoms with Crippen LogP contribution in [0.5, 0.6) is 0 Å². The summed E-state index contributed by atoms with van der Waals surface area (Å²) >= 11 is 1.57. The summed E-state index contributed by atoms with van der Waals surface area (Å²) in [5, 5.41) is 17.8. The van der Waals surface area contributed by atoms with Crippen LogP contribution in [-0.2, 0) is 6.42 Å². The summed E-state index contributed by atoms with van der Waals surface area (Å²) in [6.45, 7) is 1.96. The van der Waals surface area contributed by atoms with Crippen LogP contribution >= 0.6 is 11.3 Å². The molecule has 1 aliphatic carbocycles. The Labute approximate surface area is 123 Å². The maximum Gasteiger partial charge on any atom is 0.102 e. The largest absolute Gasteiger partial charge is 0.386 e. The van der Waals surface area contributed by atoms with E-state index in [1.165, 1.54) is 32.1 Å². The van der Waals surface area contributed by atoms with Gasteiger partial charge < -0.3 is 5.11 Å². The van der Waals surface area contributed by atoms with Crippen molar-refractivity contribution in [2.24, 2.45) is 0 Å². The molecule has 0 spiro atoms. The van der Waals surface area contributed by atoms with Gasteiger partial charge in [0.25, 0.3) is 0 Å². The second-order valence-corrected chi connectivity index (χ2v) is 6.65. The smallest absolute Gasteiger partial charge is 0.102 e. The van der Waals surface area contributed by atoms with Crippen LogP contribution in [0.1, 0.15) is 60.6 Å². The highest BCUT2D eigenvalue weighted by Gasteiger charge is 2.18. The SMILES string of the molecule is Cc1nc(C(O)Cc2ccn(C3CCCCC3)n2)cs1. The van der Waals surface area contributed by atoms with Crippen LogP contribution in [0.4, 0.5) is 0 Å². The molecule has 1 N–H and O–H groups in total. The molecule has 0 aliphatic heterocycles. The standard InChI is InChI=1S/C15H21N3OS/c1-11-16-14(10-20-11)15(19)9-12-7-8-18(17-12)13-5-3-2-4-6-13/h7-8,10,13,15,19H,2-6,9H2,1H3. The normalized spacial score (nSPS) is 18.3. The van der Waals surface area contributed by atoms with Gasteiger partial charge in [-0.25, -0.2) is 4.98 Å². The van der Waals surface area contributed by atoms with Gasteiger partial charge in [-0.3, -0.25) is 4.68 Å². The van der Waals surface area contributed by atoms with Crippen LogP contribution in [0.3, 0.4) is 0 Å². The maximum absolute atomic E-state index is 10.2. The first-order valence-corrected chi connectivity index (χ1v) is 8.24. The number of aromatic nitrogens is 3. The van der Waals surface area contributed by atoms with Gasteiger partial charge in [0.15, 0.2) is 0 Å². The fraction of sp³-hybridized carbons (Fsp3) is 0.600. The first kappa shape index (κ1) is 13.8. The van der Waals surface area contributed by atoms with E-state index in [1.807, 2.05) is 18.4 Å². The highest BCUT2D eigenvalue weighted by molar-refractivity contribution is 7.09. The molecule has 0 aromatic carbocycles. The number of aryl methyl sites for hydroxylation is 1. The zero-order valence-corrected chi connectivity index (χ0v) is 12.6. The lowest BCUT2D eigenvalue weighted by atomic mass is 9.96. The molecule has 0 saturated heterocycles. The molecular formula is C15H21N3OS. The lowest BCUT2D eigenvalue weighted by Gasteiger charge is -2.21. The number of thiazole rings is 1. The summed E-state index contributed by atoms with van der Waals surface area (Å²) in [4.78, 5) is 4.34. The van der Waals surface area contributed by atoms with E-state index in [1.54, 1.807) is 11.3 Å². The van der Waals surface area contributed by atoms with Gasteiger partial charge in [-0.2, -0.15) is 5.10 Å². The molecule has 0 radical (unpaired) electrons. The van der Waals surface area contributed by atoms with Gasteiger partial charge in [0.2, 0.25) is 0 Å². The molecule has 1 saturated carbocycles. The van der Waals surface area contributed by atoms with Gasteiger partial charge in [0.05, 0.1) is 22.4 Å². The van der Waals surface area contributed by atoms with Crippen LogP contribution in [0.2, 0.25) is 0 Å². The predicted octanol–water partition coefficient (Wildman–Crippen LogP) is 3.43. The Kier molecular flexibility index (Phi) is 4.17. The number of hydrogen-bond acceptors (Lipinski definition) is 4. The van der Waals surface area contributed by atoms with Crippen molar-refractivity contribution in [1.29, 1.82) is 0 Å². The average molecular weight is 291 g/mol. The monoisotopic (exact) mass is 291 g/mol. The van der Waals surface area contributed by atoms with Crippen molar-refractivity contribution in [2.75, 3.05) is 0 Å². The first-order valence-electron chi connectivity index (χ1n) is 7.36. The maximum atomic E-state index is 10.2. The van der Waals surface area contributed by atoms with E-state index >= 15 is 0 Å². The summed E-state index contributed by atoms with van der Waals surface area (Å²) in [7, 11) is 0. The quantitative estimate of drug-likeness (QED) is 0.939. The molecule has 108 valence electrons. The predicted molar refractivity (Wildman–Crippen MR) is 79.9 cm³/mol. The van der Waals surface area contributed by atoms with E-state index in [0.29, 0.717) is 12.5 Å². The van der Waals surface area contributed by atoms with Crippen molar-refractivity contribution >= 4 is 11.3 Å². The second kappa shape index (κ2) is 6.06. The van der Waals surface area contributed by atoms with Crippen molar-refractivity contribution in [1.82, 2.24) is 14.8 Å². The topological polar surface area (TPSA) is 50.9 Å². The van der Waals surface area contributed by atoms with Crippen LogP contribution in [0, 0.1) is 6.92 Å². The molecule has 20 heavy (non-hydrogen) atoms. The Balaban J connectivity index is 1.64. The van der Waals surface area contributed by atoms with Gasteiger partial charge in [0, 0.05) is 18.0 Å². The minimum absolute atomic E-state index is 0.545. The van der Waals surface area contributed by atoms with E-state index in [9.17, 15) is 5.11 Å². The molecule has 3 rings (SSSR count). The Bertz CT molecular complexity index is 557. The molecule has 1 unspecified atom stereocenters. The van der Waals surface area contributed by atoms with E-state index in [4.69, 9.17) is 0 Å². The van der Waals surface area contributed by atoms with E-state index in [-0.39, 0.29) is 0 Å². The minimum atomic E-state index is -0.547. The van der Waals surface area contributed by atoms with Crippen molar-refractivity contribution in [3.05, 3.63) is 34.0 Å². The Morgan fingerprint density at radius 1 is 1.40 bits per heavy atom. The zero-order valence-electron chi connectivity index (χ0n) is 11.8. The van der Waals surface area contributed by atoms with E-state index in [2.05, 4.69) is 21.0 Å². The van der Waals surface area contributed by atoms with Gasteiger partial charge in [-0.15, -0.1) is 11.3 Å². The Morgan fingerprint density at radius 3 is 2.90 bits per heavy atom. The summed E-state index contributed by atoms with van der Waals surface area (Å²) in [5.41, 5.74) is 1.72. The van der Waals surface area contributed by atoms with Crippen LogP contribution < -0.4 is 0 Å². The van der Waals surface area contributed by atoms with Gasteiger partial charge in [-0.05, 0) is 25.8 Å². The Morgan fingerprint density at radius 2 is 2.20 bits per heavy atom. The number of rotatable bonds is 4.